The van der Waals surface area contributed by atoms with Gasteiger partial charge in [0.25, 0.3) is 0 Å². The number of amides is 1. The van der Waals surface area contributed by atoms with Crippen molar-refractivity contribution in [3.05, 3.63) is 34.9 Å². The Labute approximate surface area is 137 Å². The van der Waals surface area contributed by atoms with Crippen molar-refractivity contribution in [1.82, 2.24) is 10.2 Å². The Bertz CT molecular complexity index is 458. The molecule has 1 aromatic rings. The van der Waals surface area contributed by atoms with Crippen molar-refractivity contribution in [2.24, 2.45) is 0 Å². The van der Waals surface area contributed by atoms with Crippen LogP contribution in [-0.2, 0) is 9.53 Å². The minimum absolute atomic E-state index is 0.0576. The van der Waals surface area contributed by atoms with Crippen LogP contribution >= 0.6 is 11.6 Å². The molecule has 0 bridgehead atoms. The maximum atomic E-state index is 11.8. The second-order valence-electron chi connectivity index (χ2n) is 5.61. The van der Waals surface area contributed by atoms with Gasteiger partial charge in [0.15, 0.2) is 0 Å². The van der Waals surface area contributed by atoms with Crippen LogP contribution in [-0.4, -0.2) is 43.7 Å². The monoisotopic (exact) mass is 324 g/mol. The molecule has 1 N–H and O–H groups in total. The van der Waals surface area contributed by atoms with E-state index < -0.39 is 0 Å². The van der Waals surface area contributed by atoms with Crippen molar-refractivity contribution in [2.75, 3.05) is 32.8 Å². The largest absolute Gasteiger partial charge is 0.372 e. The number of halogens is 1. The van der Waals surface area contributed by atoms with Gasteiger partial charge in [-0.2, -0.15) is 0 Å². The molecule has 122 valence electrons. The molecule has 1 saturated heterocycles. The van der Waals surface area contributed by atoms with Gasteiger partial charge in [-0.1, -0.05) is 30.2 Å². The lowest BCUT2D eigenvalue weighted by Crippen LogP contribution is -2.41. The fourth-order valence-electron chi connectivity index (χ4n) is 2.83. The lowest BCUT2D eigenvalue weighted by Gasteiger charge is -2.35. The van der Waals surface area contributed by atoms with Crippen LogP contribution in [0.15, 0.2) is 24.3 Å². The van der Waals surface area contributed by atoms with E-state index in [1.54, 1.807) is 0 Å². The van der Waals surface area contributed by atoms with Crippen LogP contribution in [0.2, 0.25) is 5.02 Å². The van der Waals surface area contributed by atoms with Crippen LogP contribution in [0, 0.1) is 0 Å². The van der Waals surface area contributed by atoms with Crippen molar-refractivity contribution in [1.29, 1.82) is 0 Å². The summed E-state index contributed by atoms with van der Waals surface area (Å²) in [6.45, 7) is 5.33. The lowest BCUT2D eigenvalue weighted by molar-refractivity contribution is -0.125. The first-order chi connectivity index (χ1) is 10.7. The van der Waals surface area contributed by atoms with Crippen LogP contribution in [0.4, 0.5) is 0 Å². The van der Waals surface area contributed by atoms with E-state index in [0.29, 0.717) is 13.2 Å². The van der Waals surface area contributed by atoms with Gasteiger partial charge >= 0.3 is 0 Å². The zero-order valence-electron chi connectivity index (χ0n) is 13.2. The Kier molecular flexibility index (Phi) is 7.16. The first-order valence-corrected chi connectivity index (χ1v) is 8.42. The van der Waals surface area contributed by atoms with Crippen molar-refractivity contribution in [2.45, 2.75) is 32.2 Å². The standard InChI is InChI=1S/C17H25ClN2O2/c1-2-22-13-17(21)19-12-16(20-10-4-3-5-11-20)14-6-8-15(18)9-7-14/h6-9,16H,2-5,10-13H2,1H3,(H,19,21)/t16-/m0/s1. The lowest BCUT2D eigenvalue weighted by atomic mass is 10.0. The Morgan fingerprint density at radius 2 is 1.95 bits per heavy atom. The van der Waals surface area contributed by atoms with Gasteiger partial charge in [-0.15, -0.1) is 0 Å². The molecule has 1 aliphatic rings. The Morgan fingerprint density at radius 1 is 1.27 bits per heavy atom. The summed E-state index contributed by atoms with van der Waals surface area (Å²) in [7, 11) is 0. The smallest absolute Gasteiger partial charge is 0.246 e. The Hall–Kier alpha value is -1.10. The average molecular weight is 325 g/mol. The summed E-state index contributed by atoms with van der Waals surface area (Å²) < 4.78 is 5.15. The van der Waals surface area contributed by atoms with Gasteiger partial charge in [-0.25, -0.2) is 0 Å². The molecule has 0 unspecified atom stereocenters. The average Bonchev–Trinajstić information content (AvgIpc) is 2.55. The summed E-state index contributed by atoms with van der Waals surface area (Å²) in [5.41, 5.74) is 1.20. The molecule has 4 nitrogen and oxygen atoms in total. The first-order valence-electron chi connectivity index (χ1n) is 8.04. The highest BCUT2D eigenvalue weighted by Gasteiger charge is 2.22. The number of hydrogen-bond acceptors (Lipinski definition) is 3. The number of nitrogens with one attached hydrogen (secondary N) is 1. The maximum absolute atomic E-state index is 11.8. The predicted octanol–water partition coefficient (Wildman–Crippen LogP) is 3.02. The van der Waals surface area contributed by atoms with Crippen molar-refractivity contribution >= 4 is 17.5 Å². The molecular formula is C17H25ClN2O2. The Morgan fingerprint density at radius 3 is 2.59 bits per heavy atom. The van der Waals surface area contributed by atoms with Gasteiger partial charge in [0.2, 0.25) is 5.91 Å². The highest BCUT2D eigenvalue weighted by Crippen LogP contribution is 2.25. The predicted molar refractivity (Wildman–Crippen MR) is 89.1 cm³/mol. The van der Waals surface area contributed by atoms with Crippen molar-refractivity contribution in [3.63, 3.8) is 0 Å². The van der Waals surface area contributed by atoms with E-state index in [-0.39, 0.29) is 18.6 Å². The maximum Gasteiger partial charge on any atom is 0.246 e. The zero-order chi connectivity index (χ0) is 15.8. The summed E-state index contributed by atoms with van der Waals surface area (Å²) in [6.07, 6.45) is 3.73. The molecule has 1 heterocycles. The van der Waals surface area contributed by atoms with E-state index in [4.69, 9.17) is 16.3 Å². The summed E-state index contributed by atoms with van der Waals surface area (Å²) >= 11 is 5.99. The van der Waals surface area contributed by atoms with Gasteiger partial charge in [-0.3, -0.25) is 9.69 Å². The topological polar surface area (TPSA) is 41.6 Å². The zero-order valence-corrected chi connectivity index (χ0v) is 13.9. The molecule has 1 aromatic carbocycles. The van der Waals surface area contributed by atoms with Gasteiger partial charge in [0.1, 0.15) is 6.61 Å². The molecule has 0 spiro atoms. The number of carbonyl (C=O) groups is 1. The number of likely N-dealkylation sites (tertiary alicyclic amines) is 1. The Balaban J connectivity index is 2.01. The molecule has 0 aliphatic carbocycles. The number of ether oxygens (including phenoxy) is 1. The third-order valence-electron chi connectivity index (χ3n) is 4.02. The summed E-state index contributed by atoms with van der Waals surface area (Å²) in [5.74, 6) is -0.0576. The first kappa shape index (κ1) is 17.3. The summed E-state index contributed by atoms with van der Waals surface area (Å²) in [4.78, 5) is 14.3. The van der Waals surface area contributed by atoms with Crippen molar-refractivity contribution < 1.29 is 9.53 Å². The summed E-state index contributed by atoms with van der Waals surface area (Å²) in [5, 5.41) is 3.73. The molecule has 2 rings (SSSR count). The second kappa shape index (κ2) is 9.13. The normalized spacial score (nSPS) is 17.2. The SMILES string of the molecule is CCOCC(=O)NC[C@@H](c1ccc(Cl)cc1)N1CCCCC1. The van der Waals surface area contributed by atoms with E-state index in [1.165, 1.54) is 24.8 Å². The second-order valence-corrected chi connectivity index (χ2v) is 6.04. The number of benzene rings is 1. The number of hydrogen-bond donors (Lipinski definition) is 1. The third-order valence-corrected chi connectivity index (χ3v) is 4.27. The van der Waals surface area contributed by atoms with E-state index in [0.717, 1.165) is 18.1 Å². The van der Waals surface area contributed by atoms with Gasteiger partial charge in [0, 0.05) is 18.2 Å². The number of rotatable bonds is 7. The third kappa shape index (κ3) is 5.27. The fraction of sp³-hybridized carbons (Fsp3) is 0.588. The molecule has 5 heteroatoms. The van der Waals surface area contributed by atoms with Crippen LogP contribution < -0.4 is 5.32 Å². The van der Waals surface area contributed by atoms with E-state index in [9.17, 15) is 4.79 Å². The van der Waals surface area contributed by atoms with Crippen LogP contribution in [0.3, 0.4) is 0 Å². The summed E-state index contributed by atoms with van der Waals surface area (Å²) in [6, 6.07) is 8.13. The minimum atomic E-state index is -0.0576. The number of piperidine rings is 1. The van der Waals surface area contributed by atoms with E-state index >= 15 is 0 Å². The highest BCUT2D eigenvalue weighted by molar-refractivity contribution is 6.30. The van der Waals surface area contributed by atoms with Gasteiger partial charge < -0.3 is 10.1 Å². The van der Waals surface area contributed by atoms with Crippen LogP contribution in [0.5, 0.6) is 0 Å². The molecule has 0 saturated carbocycles. The van der Waals surface area contributed by atoms with Crippen molar-refractivity contribution in [3.8, 4) is 0 Å². The molecule has 0 aromatic heterocycles. The minimum Gasteiger partial charge on any atom is -0.372 e. The molecule has 1 atom stereocenters. The van der Waals surface area contributed by atoms with Crippen LogP contribution in [0.25, 0.3) is 0 Å². The van der Waals surface area contributed by atoms with Gasteiger partial charge in [0.05, 0.1) is 6.04 Å². The fourth-order valence-corrected chi connectivity index (χ4v) is 2.96. The van der Waals surface area contributed by atoms with Crippen LogP contribution in [0.1, 0.15) is 37.8 Å². The number of carbonyl (C=O) groups excluding carboxylic acids is 1. The highest BCUT2D eigenvalue weighted by atomic mass is 35.5. The molecule has 0 radical (unpaired) electrons. The molecule has 22 heavy (non-hydrogen) atoms. The van der Waals surface area contributed by atoms with E-state index in [1.807, 2.05) is 19.1 Å². The molecular weight excluding hydrogens is 300 g/mol. The van der Waals surface area contributed by atoms with Gasteiger partial charge in [-0.05, 0) is 50.6 Å². The molecule has 1 aliphatic heterocycles. The molecule has 1 amide bonds. The molecule has 1 fully saturated rings. The number of nitrogens with zero attached hydrogens (tertiary/aromatic N) is 1. The quantitative estimate of drug-likeness (QED) is 0.838. The van der Waals surface area contributed by atoms with E-state index in [2.05, 4.69) is 22.3 Å².